The quantitative estimate of drug-likeness (QED) is 0.533. The third-order valence-electron chi connectivity index (χ3n) is 2.68. The van der Waals surface area contributed by atoms with E-state index >= 15 is 0 Å². The van der Waals surface area contributed by atoms with Gasteiger partial charge in [0, 0.05) is 31.9 Å². The molecule has 0 radical (unpaired) electrons. The molecule has 0 aliphatic heterocycles. The molecule has 4 heteroatoms. The molecule has 0 saturated heterocycles. The van der Waals surface area contributed by atoms with E-state index in [2.05, 4.69) is 63.9 Å². The van der Waals surface area contributed by atoms with Crippen LogP contribution in [0.4, 0.5) is 0 Å². The van der Waals surface area contributed by atoms with Crippen LogP contribution < -0.4 is 5.32 Å². The van der Waals surface area contributed by atoms with E-state index in [9.17, 15) is 0 Å². The zero-order chi connectivity index (χ0) is 13.5. The summed E-state index contributed by atoms with van der Waals surface area (Å²) in [5, 5.41) is 5.56. The number of thioether (sulfide) groups is 1. The van der Waals surface area contributed by atoms with Crippen LogP contribution in [0, 0.1) is 0 Å². The Bertz CT molecular complexity index is 493. The van der Waals surface area contributed by atoms with Crippen molar-refractivity contribution >= 4 is 39.0 Å². The van der Waals surface area contributed by atoms with Gasteiger partial charge in [0.05, 0.1) is 0 Å². The molecule has 19 heavy (non-hydrogen) atoms. The van der Waals surface area contributed by atoms with E-state index in [4.69, 9.17) is 0 Å². The predicted molar refractivity (Wildman–Crippen MR) is 90.0 cm³/mol. The van der Waals surface area contributed by atoms with E-state index in [0.29, 0.717) is 0 Å². The Hall–Kier alpha value is -0.290. The molecule has 0 fully saturated rings. The summed E-state index contributed by atoms with van der Waals surface area (Å²) in [4.78, 5) is 2.74. The van der Waals surface area contributed by atoms with Gasteiger partial charge in [0.15, 0.2) is 0 Å². The molecule has 2 rings (SSSR count). The summed E-state index contributed by atoms with van der Waals surface area (Å²) in [6, 6.07) is 11.1. The third-order valence-corrected chi connectivity index (χ3v) is 5.62. The zero-order valence-corrected chi connectivity index (χ0v) is 14.2. The summed E-state index contributed by atoms with van der Waals surface area (Å²) < 4.78 is 1.19. The fourth-order valence-electron chi connectivity index (χ4n) is 1.70. The Morgan fingerprint density at radius 1 is 1.26 bits per heavy atom. The lowest BCUT2D eigenvalue weighted by Gasteiger charge is -2.05. The molecule has 0 aliphatic rings. The molecule has 0 spiro atoms. The highest BCUT2D eigenvalue weighted by atomic mass is 79.9. The molecule has 1 heterocycles. The molecular weight excluding hydrogens is 338 g/mol. The Labute approximate surface area is 131 Å². The van der Waals surface area contributed by atoms with Gasteiger partial charge in [0.2, 0.25) is 0 Å². The molecule has 0 saturated carbocycles. The first-order chi connectivity index (χ1) is 9.28. The summed E-state index contributed by atoms with van der Waals surface area (Å²) in [5.74, 6) is 1.05. The molecule has 0 aliphatic carbocycles. The van der Waals surface area contributed by atoms with Crippen molar-refractivity contribution in [2.45, 2.75) is 30.5 Å². The van der Waals surface area contributed by atoms with E-state index in [1.807, 2.05) is 23.1 Å². The van der Waals surface area contributed by atoms with Crippen molar-refractivity contribution in [2.75, 3.05) is 6.54 Å². The number of hydrogen-bond acceptors (Lipinski definition) is 3. The summed E-state index contributed by atoms with van der Waals surface area (Å²) >= 11 is 7.19. The number of rotatable bonds is 7. The van der Waals surface area contributed by atoms with Crippen LogP contribution in [0.3, 0.4) is 0 Å². The second-order valence-corrected chi connectivity index (χ2v) is 7.30. The van der Waals surface area contributed by atoms with Crippen molar-refractivity contribution in [3.8, 4) is 0 Å². The molecule has 102 valence electrons. The molecule has 0 unspecified atom stereocenters. The fourth-order valence-corrected chi connectivity index (χ4v) is 4.10. The van der Waals surface area contributed by atoms with Crippen LogP contribution in [-0.2, 0) is 12.3 Å². The maximum Gasteiger partial charge on any atom is 0.0326 e. The van der Waals surface area contributed by atoms with Crippen LogP contribution in [0.1, 0.15) is 23.8 Å². The van der Waals surface area contributed by atoms with Gasteiger partial charge in [-0.25, -0.2) is 0 Å². The van der Waals surface area contributed by atoms with Crippen molar-refractivity contribution in [1.29, 1.82) is 0 Å². The van der Waals surface area contributed by atoms with Crippen LogP contribution in [0.15, 0.2) is 45.1 Å². The maximum atomic E-state index is 3.49. The number of thiophene rings is 1. The van der Waals surface area contributed by atoms with Crippen LogP contribution in [-0.4, -0.2) is 6.54 Å². The summed E-state index contributed by atoms with van der Waals surface area (Å²) in [6.45, 7) is 4.25. The summed E-state index contributed by atoms with van der Waals surface area (Å²) in [7, 11) is 0. The molecule has 1 aromatic carbocycles. The molecule has 1 N–H and O–H groups in total. The van der Waals surface area contributed by atoms with E-state index in [1.165, 1.54) is 26.2 Å². The summed E-state index contributed by atoms with van der Waals surface area (Å²) in [5.41, 5.74) is 1.36. The highest BCUT2D eigenvalue weighted by molar-refractivity contribution is 9.10. The van der Waals surface area contributed by atoms with E-state index in [-0.39, 0.29) is 0 Å². The summed E-state index contributed by atoms with van der Waals surface area (Å²) in [6.07, 6.45) is 1.18. The maximum absolute atomic E-state index is 3.49. The minimum Gasteiger partial charge on any atom is -0.313 e. The van der Waals surface area contributed by atoms with Gasteiger partial charge < -0.3 is 5.32 Å². The van der Waals surface area contributed by atoms with Crippen molar-refractivity contribution in [3.63, 3.8) is 0 Å². The number of nitrogens with one attached hydrogen (secondary N) is 1. The lowest BCUT2D eigenvalue weighted by Crippen LogP contribution is -2.13. The van der Waals surface area contributed by atoms with Gasteiger partial charge in [-0.2, -0.15) is 0 Å². The van der Waals surface area contributed by atoms with Crippen molar-refractivity contribution in [3.05, 3.63) is 50.6 Å². The molecule has 0 amide bonds. The van der Waals surface area contributed by atoms with E-state index < -0.39 is 0 Å². The lowest BCUT2D eigenvalue weighted by atomic mass is 10.2. The SMILES string of the molecule is CCCNCc1ccc(SCc2cc(Br)cs2)cc1. The highest BCUT2D eigenvalue weighted by Gasteiger charge is 2.00. The Kier molecular flexibility index (Phi) is 6.44. The van der Waals surface area contributed by atoms with Crippen LogP contribution in [0.25, 0.3) is 0 Å². The monoisotopic (exact) mass is 355 g/mol. The minimum absolute atomic E-state index is 0.969. The highest BCUT2D eigenvalue weighted by Crippen LogP contribution is 2.28. The molecular formula is C15H18BrNS2. The topological polar surface area (TPSA) is 12.0 Å². The fraction of sp³-hybridized carbons (Fsp3) is 0.333. The van der Waals surface area contributed by atoms with Gasteiger partial charge in [-0.3, -0.25) is 0 Å². The van der Waals surface area contributed by atoms with Gasteiger partial charge in [-0.1, -0.05) is 19.1 Å². The van der Waals surface area contributed by atoms with Gasteiger partial charge in [-0.05, 0) is 52.7 Å². The van der Waals surface area contributed by atoms with Crippen LogP contribution in [0.2, 0.25) is 0 Å². The molecule has 0 atom stereocenters. The predicted octanol–water partition coefficient (Wildman–Crippen LogP) is 5.30. The third kappa shape index (κ3) is 5.30. The number of benzene rings is 1. The number of hydrogen-bond donors (Lipinski definition) is 1. The van der Waals surface area contributed by atoms with Crippen molar-refractivity contribution < 1.29 is 0 Å². The van der Waals surface area contributed by atoms with Crippen LogP contribution in [0.5, 0.6) is 0 Å². The standard InChI is InChI=1S/C15H18BrNS2/c1-2-7-17-9-12-3-5-14(6-4-12)19-11-15-8-13(16)10-18-15/h3-6,8,10,17H,2,7,9,11H2,1H3. The first kappa shape index (κ1) is 15.1. The van der Waals surface area contributed by atoms with Gasteiger partial charge in [0.1, 0.15) is 0 Å². The average molecular weight is 356 g/mol. The van der Waals surface area contributed by atoms with Crippen LogP contribution >= 0.6 is 39.0 Å². The smallest absolute Gasteiger partial charge is 0.0326 e. The lowest BCUT2D eigenvalue weighted by molar-refractivity contribution is 0.675. The largest absolute Gasteiger partial charge is 0.313 e. The van der Waals surface area contributed by atoms with Gasteiger partial charge in [-0.15, -0.1) is 23.1 Å². The van der Waals surface area contributed by atoms with Gasteiger partial charge >= 0.3 is 0 Å². The molecule has 1 nitrogen and oxygen atoms in total. The first-order valence-electron chi connectivity index (χ1n) is 6.43. The first-order valence-corrected chi connectivity index (χ1v) is 9.09. The zero-order valence-electron chi connectivity index (χ0n) is 11.0. The Morgan fingerprint density at radius 3 is 2.68 bits per heavy atom. The molecule has 1 aromatic heterocycles. The van der Waals surface area contributed by atoms with Gasteiger partial charge in [0.25, 0.3) is 0 Å². The second-order valence-electron chi connectivity index (χ2n) is 4.34. The normalized spacial score (nSPS) is 10.8. The number of halogens is 1. The second kappa shape index (κ2) is 8.10. The Morgan fingerprint density at radius 2 is 2.05 bits per heavy atom. The Balaban J connectivity index is 1.81. The van der Waals surface area contributed by atoms with E-state index in [1.54, 1.807) is 0 Å². The minimum atomic E-state index is 0.969. The molecule has 2 aromatic rings. The van der Waals surface area contributed by atoms with Crippen molar-refractivity contribution in [1.82, 2.24) is 5.32 Å². The molecule has 0 bridgehead atoms. The van der Waals surface area contributed by atoms with Crippen molar-refractivity contribution in [2.24, 2.45) is 0 Å². The van der Waals surface area contributed by atoms with E-state index in [0.717, 1.165) is 18.8 Å². The average Bonchev–Trinajstić information content (AvgIpc) is 2.84.